The average Bonchev–Trinajstić information content (AvgIpc) is 2.64. The average molecular weight is 351 g/mol. The Morgan fingerprint density at radius 3 is 2.68 bits per heavy atom. The Hall–Kier alpha value is -2.30. The number of amides is 2. The van der Waals surface area contributed by atoms with Crippen molar-refractivity contribution in [1.82, 2.24) is 9.80 Å². The Bertz CT molecular complexity index is 547. The molecule has 1 heterocycles. The Balaban J connectivity index is 2.12. The number of carbonyl (C=O) groups excluding carboxylic acids is 3. The molecule has 2 rings (SSSR count). The van der Waals surface area contributed by atoms with Crippen LogP contribution in [0.3, 0.4) is 0 Å². The summed E-state index contributed by atoms with van der Waals surface area (Å²) in [5, 5.41) is 8.86. The molecule has 8 nitrogen and oxygen atoms in total. The summed E-state index contributed by atoms with van der Waals surface area (Å²) in [5.41, 5.74) is 0. The number of likely N-dealkylation sites (tertiary alicyclic amines) is 1. The molecule has 4 unspecified atom stereocenters. The summed E-state index contributed by atoms with van der Waals surface area (Å²) in [7, 11) is 1.30. The van der Waals surface area contributed by atoms with Crippen LogP contribution < -0.4 is 0 Å². The summed E-state index contributed by atoms with van der Waals surface area (Å²) >= 11 is 0. The molecule has 1 saturated carbocycles. The van der Waals surface area contributed by atoms with Crippen LogP contribution in [0.5, 0.6) is 0 Å². The fraction of sp³-hybridized carbons (Fsp3) is 0.765. The van der Waals surface area contributed by atoms with E-state index in [4.69, 9.17) is 14.7 Å². The number of ether oxygens (including phenoxy) is 2. The van der Waals surface area contributed by atoms with E-state index in [9.17, 15) is 14.4 Å². The summed E-state index contributed by atoms with van der Waals surface area (Å²) in [5.74, 6) is 0.0459. The second-order valence-electron chi connectivity index (χ2n) is 6.55. The first kappa shape index (κ1) is 19.0. The van der Waals surface area contributed by atoms with Crippen LogP contribution in [0.4, 0.5) is 4.79 Å². The van der Waals surface area contributed by atoms with Crippen LogP contribution in [0.2, 0.25) is 0 Å². The molecule has 2 amide bonds. The van der Waals surface area contributed by atoms with Crippen LogP contribution in [0.25, 0.3) is 0 Å². The number of methoxy groups -OCH3 is 1. The fourth-order valence-corrected chi connectivity index (χ4v) is 4.04. The van der Waals surface area contributed by atoms with Crippen LogP contribution in [-0.2, 0) is 19.1 Å². The molecule has 1 saturated heterocycles. The number of piperidine rings is 1. The zero-order valence-corrected chi connectivity index (χ0v) is 14.7. The minimum absolute atomic E-state index is 0.00548. The molecule has 25 heavy (non-hydrogen) atoms. The van der Waals surface area contributed by atoms with Gasteiger partial charge in [0.05, 0.1) is 19.8 Å². The van der Waals surface area contributed by atoms with Gasteiger partial charge in [0, 0.05) is 12.6 Å². The number of hydrogen-bond donors (Lipinski definition) is 0. The Labute approximate surface area is 147 Å². The third-order valence-electron chi connectivity index (χ3n) is 5.27. The molecule has 4 atom stereocenters. The molecule has 0 bridgehead atoms. The van der Waals surface area contributed by atoms with Crippen LogP contribution in [-0.4, -0.2) is 67.2 Å². The fourth-order valence-electron chi connectivity index (χ4n) is 4.04. The minimum Gasteiger partial charge on any atom is -0.464 e. The molecule has 0 radical (unpaired) electrons. The van der Waals surface area contributed by atoms with E-state index < -0.39 is 18.1 Å². The van der Waals surface area contributed by atoms with Crippen LogP contribution in [0.15, 0.2) is 0 Å². The molecule has 1 aliphatic heterocycles. The van der Waals surface area contributed by atoms with Crippen molar-refractivity contribution in [3.05, 3.63) is 0 Å². The second-order valence-corrected chi connectivity index (χ2v) is 6.55. The summed E-state index contributed by atoms with van der Waals surface area (Å²) in [4.78, 5) is 38.6. The first-order valence-corrected chi connectivity index (χ1v) is 8.64. The highest BCUT2D eigenvalue weighted by atomic mass is 16.6. The lowest BCUT2D eigenvalue weighted by Crippen LogP contribution is -2.56. The molecule has 0 spiro atoms. The Kier molecular flexibility index (Phi) is 6.62. The van der Waals surface area contributed by atoms with Crippen molar-refractivity contribution in [2.75, 3.05) is 26.8 Å². The smallest absolute Gasteiger partial charge is 0.410 e. The van der Waals surface area contributed by atoms with E-state index in [2.05, 4.69) is 0 Å². The predicted octanol–water partition coefficient (Wildman–Crippen LogP) is 1.16. The van der Waals surface area contributed by atoms with Gasteiger partial charge in [-0.25, -0.2) is 9.59 Å². The van der Waals surface area contributed by atoms with E-state index in [1.165, 1.54) is 16.9 Å². The molecule has 2 fully saturated rings. The number of rotatable bonds is 5. The van der Waals surface area contributed by atoms with E-state index in [1.54, 1.807) is 6.92 Å². The lowest BCUT2D eigenvalue weighted by atomic mass is 9.71. The van der Waals surface area contributed by atoms with E-state index in [0.29, 0.717) is 13.0 Å². The van der Waals surface area contributed by atoms with Crippen LogP contribution >= 0.6 is 0 Å². The van der Waals surface area contributed by atoms with E-state index >= 15 is 0 Å². The molecule has 138 valence electrons. The van der Waals surface area contributed by atoms with Crippen molar-refractivity contribution in [1.29, 1.82) is 5.26 Å². The van der Waals surface area contributed by atoms with Crippen molar-refractivity contribution < 1.29 is 23.9 Å². The number of carbonyl (C=O) groups is 3. The van der Waals surface area contributed by atoms with Crippen LogP contribution in [0.1, 0.15) is 32.6 Å². The standard InChI is InChI=1S/C17H25N3O5/c1-3-25-16(22)15-9-13-8-14(19(11-21)7-6-18)5-4-12(13)10-20(15)17(23)24-2/h11-15H,3-5,7-10H2,1-2H3. The zero-order valence-electron chi connectivity index (χ0n) is 14.7. The van der Waals surface area contributed by atoms with Gasteiger partial charge in [-0.2, -0.15) is 5.26 Å². The van der Waals surface area contributed by atoms with Gasteiger partial charge < -0.3 is 14.4 Å². The van der Waals surface area contributed by atoms with Crippen molar-refractivity contribution in [2.24, 2.45) is 11.8 Å². The minimum atomic E-state index is -0.659. The number of fused-ring (bicyclic) bond motifs is 1. The molecule has 0 N–H and O–H groups in total. The summed E-state index contributed by atoms with van der Waals surface area (Å²) in [6.07, 6.45) is 3.07. The number of hydrogen-bond acceptors (Lipinski definition) is 6. The maximum Gasteiger partial charge on any atom is 0.410 e. The van der Waals surface area contributed by atoms with Gasteiger partial charge in [0.25, 0.3) is 0 Å². The van der Waals surface area contributed by atoms with Crippen molar-refractivity contribution in [3.8, 4) is 6.07 Å². The lowest BCUT2D eigenvalue weighted by molar-refractivity contribution is -0.152. The summed E-state index contributed by atoms with van der Waals surface area (Å²) in [6, 6.07) is 1.36. The molecule has 0 aromatic heterocycles. The third-order valence-corrected chi connectivity index (χ3v) is 5.27. The maximum atomic E-state index is 12.3. The third kappa shape index (κ3) is 4.21. The SMILES string of the molecule is CCOC(=O)C1CC2CC(N(C=O)CC#N)CCC2CN1C(=O)OC. The van der Waals surface area contributed by atoms with E-state index in [0.717, 1.165) is 25.7 Å². The van der Waals surface area contributed by atoms with Gasteiger partial charge in [0.1, 0.15) is 12.6 Å². The first-order chi connectivity index (χ1) is 12.0. The molecule has 1 aliphatic carbocycles. The van der Waals surface area contributed by atoms with Gasteiger partial charge in [-0.05, 0) is 44.4 Å². The maximum absolute atomic E-state index is 12.3. The number of esters is 1. The highest BCUT2D eigenvalue weighted by molar-refractivity contribution is 5.81. The topological polar surface area (TPSA) is 99.9 Å². The van der Waals surface area contributed by atoms with Crippen molar-refractivity contribution in [3.63, 3.8) is 0 Å². The van der Waals surface area contributed by atoms with Gasteiger partial charge in [0.15, 0.2) is 0 Å². The van der Waals surface area contributed by atoms with Crippen LogP contribution in [0, 0.1) is 23.2 Å². The summed E-state index contributed by atoms with van der Waals surface area (Å²) < 4.78 is 9.95. The summed E-state index contributed by atoms with van der Waals surface area (Å²) in [6.45, 7) is 2.50. The lowest BCUT2D eigenvalue weighted by Gasteiger charge is -2.47. The van der Waals surface area contributed by atoms with Gasteiger partial charge >= 0.3 is 12.1 Å². The Morgan fingerprint density at radius 1 is 1.32 bits per heavy atom. The number of nitriles is 1. The van der Waals surface area contributed by atoms with E-state index in [-0.39, 0.29) is 31.0 Å². The molecule has 8 heteroatoms. The first-order valence-electron chi connectivity index (χ1n) is 8.64. The van der Waals surface area contributed by atoms with Gasteiger partial charge in [-0.1, -0.05) is 0 Å². The van der Waals surface area contributed by atoms with Crippen molar-refractivity contribution >= 4 is 18.5 Å². The predicted molar refractivity (Wildman–Crippen MR) is 87.2 cm³/mol. The normalized spacial score (nSPS) is 28.3. The van der Waals surface area contributed by atoms with Crippen molar-refractivity contribution in [2.45, 2.75) is 44.7 Å². The molecule has 0 aromatic carbocycles. The largest absolute Gasteiger partial charge is 0.464 e. The molecule has 0 aromatic rings. The van der Waals surface area contributed by atoms with Gasteiger partial charge in [-0.15, -0.1) is 0 Å². The van der Waals surface area contributed by atoms with E-state index in [1.807, 2.05) is 6.07 Å². The second kappa shape index (κ2) is 8.70. The van der Waals surface area contributed by atoms with Gasteiger partial charge in [-0.3, -0.25) is 9.69 Å². The van der Waals surface area contributed by atoms with Gasteiger partial charge in [0.2, 0.25) is 6.41 Å². The quantitative estimate of drug-likeness (QED) is 0.418. The molecular formula is C17H25N3O5. The molecular weight excluding hydrogens is 326 g/mol. The highest BCUT2D eigenvalue weighted by Crippen LogP contribution is 2.40. The highest BCUT2D eigenvalue weighted by Gasteiger charge is 2.45. The monoisotopic (exact) mass is 351 g/mol. The Morgan fingerprint density at radius 2 is 2.08 bits per heavy atom. The zero-order chi connectivity index (χ0) is 18.4. The molecule has 2 aliphatic rings. The number of nitrogens with zero attached hydrogens (tertiary/aromatic N) is 3.